The Labute approximate surface area is 129 Å². The van der Waals surface area contributed by atoms with Gasteiger partial charge in [-0.15, -0.1) is 0 Å². The molecule has 1 aromatic rings. The van der Waals surface area contributed by atoms with Crippen molar-refractivity contribution >= 4 is 29.1 Å². The molecular weight excluding hydrogens is 288 g/mol. The lowest BCUT2D eigenvalue weighted by atomic mass is 9.72. The molecule has 1 aromatic carbocycles. The first-order valence-electron chi connectivity index (χ1n) is 7.42. The third kappa shape index (κ3) is 2.42. The Morgan fingerprint density at radius 2 is 2.00 bits per heavy atom. The van der Waals surface area contributed by atoms with E-state index in [1.807, 2.05) is 6.07 Å². The van der Waals surface area contributed by atoms with Crippen molar-refractivity contribution in [3.05, 3.63) is 29.3 Å². The van der Waals surface area contributed by atoms with Crippen LogP contribution in [0.5, 0.6) is 0 Å². The predicted molar refractivity (Wildman–Crippen MR) is 82.1 cm³/mol. The minimum Gasteiger partial charge on any atom is -0.368 e. The summed E-state index contributed by atoms with van der Waals surface area (Å²) in [5.41, 5.74) is 5.81. The minimum absolute atomic E-state index is 0.0354. The number of amides is 2. The minimum atomic E-state index is -0.561. The van der Waals surface area contributed by atoms with Crippen LogP contribution in [0, 0.1) is 5.41 Å². The third-order valence-electron chi connectivity index (χ3n) is 4.79. The lowest BCUT2D eigenvalue weighted by Crippen LogP contribution is -2.43. The first kappa shape index (κ1) is 14.4. The highest BCUT2D eigenvalue weighted by atomic mass is 35.5. The topological polar surface area (TPSA) is 63.4 Å². The van der Waals surface area contributed by atoms with Crippen molar-refractivity contribution < 1.29 is 9.59 Å². The van der Waals surface area contributed by atoms with Gasteiger partial charge in [0, 0.05) is 10.7 Å². The number of hydrogen-bond donors (Lipinski definition) is 1. The molecule has 2 fully saturated rings. The van der Waals surface area contributed by atoms with Crippen molar-refractivity contribution in [3.8, 4) is 0 Å². The van der Waals surface area contributed by atoms with Crippen molar-refractivity contribution in [1.82, 2.24) is 0 Å². The lowest BCUT2D eigenvalue weighted by molar-refractivity contribution is -0.127. The number of primary amides is 1. The molecule has 1 atom stereocenters. The van der Waals surface area contributed by atoms with Gasteiger partial charge in [0.15, 0.2) is 0 Å². The van der Waals surface area contributed by atoms with Crippen LogP contribution < -0.4 is 10.6 Å². The number of hydrogen-bond acceptors (Lipinski definition) is 2. The van der Waals surface area contributed by atoms with Crippen LogP contribution in [0.4, 0.5) is 5.69 Å². The molecule has 2 aliphatic rings. The molecule has 1 unspecified atom stereocenters. The van der Waals surface area contributed by atoms with Gasteiger partial charge in [0.1, 0.15) is 6.04 Å². The molecule has 0 radical (unpaired) electrons. The summed E-state index contributed by atoms with van der Waals surface area (Å²) in [6.07, 6.45) is 5.49. The van der Waals surface area contributed by atoms with Crippen molar-refractivity contribution in [1.29, 1.82) is 0 Å². The van der Waals surface area contributed by atoms with Gasteiger partial charge in [-0.05, 0) is 37.5 Å². The number of carbonyl (C=O) groups is 2. The summed E-state index contributed by atoms with van der Waals surface area (Å²) in [4.78, 5) is 26.4. The molecule has 112 valence electrons. The molecule has 1 saturated carbocycles. The highest BCUT2D eigenvalue weighted by Gasteiger charge is 2.53. The van der Waals surface area contributed by atoms with E-state index in [1.54, 1.807) is 23.1 Å². The largest absolute Gasteiger partial charge is 0.368 e. The van der Waals surface area contributed by atoms with Gasteiger partial charge in [-0.25, -0.2) is 0 Å². The first-order valence-corrected chi connectivity index (χ1v) is 7.80. The summed E-state index contributed by atoms with van der Waals surface area (Å²) in [5.74, 6) is -0.404. The molecule has 5 heteroatoms. The van der Waals surface area contributed by atoms with Crippen LogP contribution in [0.3, 0.4) is 0 Å². The molecule has 0 aromatic heterocycles. The summed E-state index contributed by atoms with van der Waals surface area (Å²) >= 11 is 6.02. The summed E-state index contributed by atoms with van der Waals surface area (Å²) in [6, 6.07) is 6.50. The maximum atomic E-state index is 13.0. The van der Waals surface area contributed by atoms with E-state index in [2.05, 4.69) is 0 Å². The molecule has 1 aliphatic heterocycles. The van der Waals surface area contributed by atoms with Crippen molar-refractivity contribution in [2.45, 2.75) is 44.6 Å². The summed E-state index contributed by atoms with van der Waals surface area (Å²) in [5, 5.41) is 0.549. The Hall–Kier alpha value is -1.55. The smallest absolute Gasteiger partial charge is 0.240 e. The second kappa shape index (κ2) is 5.34. The zero-order valence-electron chi connectivity index (χ0n) is 11.8. The summed E-state index contributed by atoms with van der Waals surface area (Å²) < 4.78 is 0. The second-order valence-electron chi connectivity index (χ2n) is 6.12. The Bertz CT molecular complexity index is 581. The maximum absolute atomic E-state index is 13.0. The van der Waals surface area contributed by atoms with Crippen LogP contribution in [0.25, 0.3) is 0 Å². The number of halogens is 1. The van der Waals surface area contributed by atoms with Crippen LogP contribution in [-0.2, 0) is 9.59 Å². The normalized spacial score (nSPS) is 24.5. The fourth-order valence-electron chi connectivity index (χ4n) is 3.74. The zero-order chi connectivity index (χ0) is 15.0. The van der Waals surface area contributed by atoms with Crippen LogP contribution in [0.15, 0.2) is 24.3 Å². The molecule has 2 amide bonds. The monoisotopic (exact) mass is 306 g/mol. The van der Waals surface area contributed by atoms with Crippen molar-refractivity contribution in [2.24, 2.45) is 11.1 Å². The molecule has 4 nitrogen and oxygen atoms in total. The number of anilines is 1. The molecular formula is C16H19ClN2O2. The van der Waals surface area contributed by atoms with E-state index in [-0.39, 0.29) is 5.91 Å². The molecule has 21 heavy (non-hydrogen) atoms. The first-order chi connectivity index (χ1) is 10.0. The number of nitrogens with two attached hydrogens (primary N) is 1. The van der Waals surface area contributed by atoms with Gasteiger partial charge in [0.05, 0.1) is 5.41 Å². The van der Waals surface area contributed by atoms with E-state index in [4.69, 9.17) is 17.3 Å². The van der Waals surface area contributed by atoms with E-state index in [1.165, 1.54) is 0 Å². The van der Waals surface area contributed by atoms with Crippen LogP contribution in [-0.4, -0.2) is 17.9 Å². The van der Waals surface area contributed by atoms with Crippen LogP contribution in [0.1, 0.15) is 38.5 Å². The van der Waals surface area contributed by atoms with Gasteiger partial charge in [-0.3, -0.25) is 14.5 Å². The highest BCUT2D eigenvalue weighted by molar-refractivity contribution is 6.31. The second-order valence-corrected chi connectivity index (χ2v) is 6.55. The molecule has 3 rings (SSSR count). The van der Waals surface area contributed by atoms with Crippen LogP contribution >= 0.6 is 11.6 Å². The molecule has 1 aliphatic carbocycles. The standard InChI is InChI=1S/C16H19ClN2O2/c17-11-5-4-6-12(9-11)19-13(14(18)20)10-16(15(19)21)7-2-1-3-8-16/h4-6,9,13H,1-3,7-8,10H2,(H2,18,20). The Morgan fingerprint density at radius 1 is 1.29 bits per heavy atom. The molecule has 1 heterocycles. The van der Waals surface area contributed by atoms with Gasteiger partial charge in [0.25, 0.3) is 0 Å². The Morgan fingerprint density at radius 3 is 2.62 bits per heavy atom. The van der Waals surface area contributed by atoms with Gasteiger partial charge in [-0.2, -0.15) is 0 Å². The fourth-order valence-corrected chi connectivity index (χ4v) is 3.93. The van der Waals surface area contributed by atoms with E-state index < -0.39 is 17.4 Å². The van der Waals surface area contributed by atoms with Gasteiger partial charge >= 0.3 is 0 Å². The van der Waals surface area contributed by atoms with E-state index >= 15 is 0 Å². The molecule has 2 N–H and O–H groups in total. The van der Waals surface area contributed by atoms with Crippen molar-refractivity contribution in [2.75, 3.05) is 4.90 Å². The molecule has 1 saturated heterocycles. The fraction of sp³-hybridized carbons (Fsp3) is 0.500. The average Bonchev–Trinajstić information content (AvgIpc) is 2.74. The number of carbonyl (C=O) groups excluding carboxylic acids is 2. The van der Waals surface area contributed by atoms with E-state index in [9.17, 15) is 9.59 Å². The third-order valence-corrected chi connectivity index (χ3v) is 5.03. The number of rotatable bonds is 2. The molecule has 1 spiro atoms. The van der Waals surface area contributed by atoms with E-state index in [0.29, 0.717) is 17.1 Å². The SMILES string of the molecule is NC(=O)C1CC2(CCCCC2)C(=O)N1c1cccc(Cl)c1. The van der Waals surface area contributed by atoms with Crippen LogP contribution in [0.2, 0.25) is 5.02 Å². The highest BCUT2D eigenvalue weighted by Crippen LogP contribution is 2.48. The van der Waals surface area contributed by atoms with Gasteiger partial charge < -0.3 is 5.73 Å². The van der Waals surface area contributed by atoms with E-state index in [0.717, 1.165) is 32.1 Å². The summed E-state index contributed by atoms with van der Waals surface area (Å²) in [7, 11) is 0. The van der Waals surface area contributed by atoms with Crippen molar-refractivity contribution in [3.63, 3.8) is 0 Å². The zero-order valence-corrected chi connectivity index (χ0v) is 12.6. The average molecular weight is 307 g/mol. The van der Waals surface area contributed by atoms with Gasteiger partial charge in [0.2, 0.25) is 11.8 Å². The molecule has 0 bridgehead atoms. The number of benzene rings is 1. The predicted octanol–water partition coefficient (Wildman–Crippen LogP) is 2.88. The Kier molecular flexibility index (Phi) is 3.66. The number of nitrogens with zero attached hydrogens (tertiary/aromatic N) is 1. The summed E-state index contributed by atoms with van der Waals surface area (Å²) in [6.45, 7) is 0. The lowest BCUT2D eigenvalue weighted by Gasteiger charge is -2.31. The Balaban J connectivity index is 2.00. The van der Waals surface area contributed by atoms with Gasteiger partial charge in [-0.1, -0.05) is 36.9 Å². The maximum Gasteiger partial charge on any atom is 0.240 e. The quantitative estimate of drug-likeness (QED) is 0.913.